The van der Waals surface area contributed by atoms with Crippen LogP contribution in [-0.4, -0.2) is 57.8 Å². The Morgan fingerprint density at radius 2 is 2.14 bits per heavy atom. The van der Waals surface area contributed by atoms with Crippen molar-refractivity contribution < 1.29 is 9.53 Å². The first-order valence-electron chi connectivity index (χ1n) is 4.84. The maximum atomic E-state index is 10.3. The molecule has 0 aromatic carbocycles. The molecule has 5 nitrogen and oxygen atoms in total. The minimum Gasteiger partial charge on any atom is -0.370 e. The molecule has 0 spiro atoms. The van der Waals surface area contributed by atoms with Gasteiger partial charge in [-0.2, -0.15) is 0 Å². The molecule has 5 heteroatoms. The molecule has 0 aromatic heterocycles. The van der Waals surface area contributed by atoms with Crippen molar-refractivity contribution in [1.29, 1.82) is 0 Å². The molecule has 0 saturated heterocycles. The molecule has 0 unspecified atom stereocenters. The highest BCUT2D eigenvalue weighted by Gasteiger charge is 1.93. The Hall–Kier alpha value is -0.650. The first-order valence-corrected chi connectivity index (χ1v) is 4.84. The standard InChI is InChI=1S/C9H21N3O2/c1-12(2)6-3-4-11-5-7-14-8-9(10)13/h11H,3-8H2,1-2H3,(H2,10,13). The summed E-state index contributed by atoms with van der Waals surface area (Å²) in [5, 5.41) is 3.21. The lowest BCUT2D eigenvalue weighted by atomic mass is 10.4. The zero-order valence-corrected chi connectivity index (χ0v) is 9.08. The Balaban J connectivity index is 2.96. The van der Waals surface area contributed by atoms with Gasteiger partial charge in [0.05, 0.1) is 6.61 Å². The fourth-order valence-corrected chi connectivity index (χ4v) is 0.962. The van der Waals surface area contributed by atoms with Crippen molar-refractivity contribution in [3.05, 3.63) is 0 Å². The van der Waals surface area contributed by atoms with Crippen molar-refractivity contribution in [3.63, 3.8) is 0 Å². The predicted molar refractivity (Wildman–Crippen MR) is 56.1 cm³/mol. The van der Waals surface area contributed by atoms with E-state index in [1.54, 1.807) is 0 Å². The zero-order valence-electron chi connectivity index (χ0n) is 9.08. The van der Waals surface area contributed by atoms with Crippen LogP contribution in [0.15, 0.2) is 0 Å². The van der Waals surface area contributed by atoms with Gasteiger partial charge in [-0.1, -0.05) is 0 Å². The molecule has 3 N–H and O–H groups in total. The average molecular weight is 203 g/mol. The summed E-state index contributed by atoms with van der Waals surface area (Å²) >= 11 is 0. The Bertz CT molecular complexity index is 151. The molecule has 0 atom stereocenters. The number of nitrogens with zero attached hydrogens (tertiary/aromatic N) is 1. The van der Waals surface area contributed by atoms with E-state index in [-0.39, 0.29) is 6.61 Å². The van der Waals surface area contributed by atoms with Crippen LogP contribution in [0.2, 0.25) is 0 Å². The SMILES string of the molecule is CN(C)CCCNCCOCC(N)=O. The molecule has 0 radical (unpaired) electrons. The Labute approximate surface area is 85.6 Å². The summed E-state index contributed by atoms with van der Waals surface area (Å²) in [6, 6.07) is 0. The van der Waals surface area contributed by atoms with Crippen LogP contribution >= 0.6 is 0 Å². The molecule has 0 fully saturated rings. The third-order valence-corrected chi connectivity index (χ3v) is 1.63. The second-order valence-electron chi connectivity index (χ2n) is 3.43. The fraction of sp³-hybridized carbons (Fsp3) is 0.889. The van der Waals surface area contributed by atoms with Gasteiger partial charge in [-0.05, 0) is 33.6 Å². The second-order valence-corrected chi connectivity index (χ2v) is 3.43. The molecule has 84 valence electrons. The van der Waals surface area contributed by atoms with E-state index >= 15 is 0 Å². The summed E-state index contributed by atoms with van der Waals surface area (Å²) in [5.41, 5.74) is 4.90. The lowest BCUT2D eigenvalue weighted by Gasteiger charge is -2.09. The van der Waals surface area contributed by atoms with Gasteiger partial charge in [0.25, 0.3) is 0 Å². The van der Waals surface area contributed by atoms with Crippen molar-refractivity contribution in [3.8, 4) is 0 Å². The summed E-state index contributed by atoms with van der Waals surface area (Å²) < 4.78 is 4.98. The minimum absolute atomic E-state index is 0.0133. The average Bonchev–Trinajstić information content (AvgIpc) is 2.08. The lowest BCUT2D eigenvalue weighted by molar-refractivity contribution is -0.122. The van der Waals surface area contributed by atoms with E-state index in [0.717, 1.165) is 26.1 Å². The number of amides is 1. The molecule has 0 saturated carbocycles. The van der Waals surface area contributed by atoms with Crippen LogP contribution in [0.1, 0.15) is 6.42 Å². The first kappa shape index (κ1) is 13.4. The van der Waals surface area contributed by atoms with Gasteiger partial charge in [0.1, 0.15) is 6.61 Å². The van der Waals surface area contributed by atoms with Crippen LogP contribution in [0.3, 0.4) is 0 Å². The molecular weight excluding hydrogens is 182 g/mol. The number of ether oxygens (including phenoxy) is 1. The van der Waals surface area contributed by atoms with Crippen molar-refractivity contribution in [1.82, 2.24) is 10.2 Å². The van der Waals surface area contributed by atoms with E-state index < -0.39 is 5.91 Å². The molecule has 0 aliphatic rings. The highest BCUT2D eigenvalue weighted by atomic mass is 16.5. The molecule has 0 aromatic rings. The molecule has 1 amide bonds. The number of carbonyl (C=O) groups is 1. The molecular formula is C9H21N3O2. The third kappa shape index (κ3) is 11.4. The van der Waals surface area contributed by atoms with Crippen LogP contribution < -0.4 is 11.1 Å². The van der Waals surface area contributed by atoms with Crippen LogP contribution in [-0.2, 0) is 9.53 Å². The predicted octanol–water partition coefficient (Wildman–Crippen LogP) is -0.970. The molecule has 0 aliphatic carbocycles. The minimum atomic E-state index is -0.419. The molecule has 0 rings (SSSR count). The van der Waals surface area contributed by atoms with Gasteiger partial charge >= 0.3 is 0 Å². The van der Waals surface area contributed by atoms with Gasteiger partial charge in [-0.3, -0.25) is 4.79 Å². The van der Waals surface area contributed by atoms with E-state index in [0.29, 0.717) is 6.61 Å². The number of hydrogen-bond donors (Lipinski definition) is 2. The number of primary amides is 1. The largest absolute Gasteiger partial charge is 0.370 e. The number of hydrogen-bond acceptors (Lipinski definition) is 4. The topological polar surface area (TPSA) is 67.6 Å². The van der Waals surface area contributed by atoms with E-state index in [1.165, 1.54) is 0 Å². The first-order chi connectivity index (χ1) is 6.63. The molecule has 0 aliphatic heterocycles. The Morgan fingerprint density at radius 1 is 1.43 bits per heavy atom. The highest BCUT2D eigenvalue weighted by molar-refractivity contribution is 5.74. The van der Waals surface area contributed by atoms with Crippen molar-refractivity contribution >= 4 is 5.91 Å². The summed E-state index contributed by atoms with van der Waals surface area (Å²) in [4.78, 5) is 12.4. The number of carbonyl (C=O) groups excluding carboxylic acids is 1. The zero-order chi connectivity index (χ0) is 10.8. The van der Waals surface area contributed by atoms with Crippen molar-refractivity contribution in [2.75, 3.05) is 46.9 Å². The van der Waals surface area contributed by atoms with Crippen LogP contribution in [0, 0.1) is 0 Å². The Morgan fingerprint density at radius 3 is 2.71 bits per heavy atom. The second kappa shape index (κ2) is 8.93. The monoisotopic (exact) mass is 203 g/mol. The van der Waals surface area contributed by atoms with Gasteiger partial charge in [0.15, 0.2) is 0 Å². The summed E-state index contributed by atoms with van der Waals surface area (Å²) in [7, 11) is 4.10. The molecule has 0 heterocycles. The van der Waals surface area contributed by atoms with Crippen LogP contribution in [0.25, 0.3) is 0 Å². The summed E-state index contributed by atoms with van der Waals surface area (Å²) in [6.07, 6.45) is 1.11. The van der Waals surface area contributed by atoms with E-state index in [4.69, 9.17) is 10.5 Å². The Kier molecular flexibility index (Phi) is 8.51. The van der Waals surface area contributed by atoms with Gasteiger partial charge < -0.3 is 20.7 Å². The smallest absolute Gasteiger partial charge is 0.243 e. The van der Waals surface area contributed by atoms with E-state index in [2.05, 4.69) is 24.3 Å². The number of rotatable bonds is 9. The van der Waals surface area contributed by atoms with Crippen LogP contribution in [0.5, 0.6) is 0 Å². The highest BCUT2D eigenvalue weighted by Crippen LogP contribution is 1.80. The van der Waals surface area contributed by atoms with Gasteiger partial charge in [0, 0.05) is 6.54 Å². The van der Waals surface area contributed by atoms with E-state index in [9.17, 15) is 4.79 Å². The maximum absolute atomic E-state index is 10.3. The third-order valence-electron chi connectivity index (χ3n) is 1.63. The maximum Gasteiger partial charge on any atom is 0.243 e. The molecule has 14 heavy (non-hydrogen) atoms. The summed E-state index contributed by atoms with van der Waals surface area (Å²) in [5.74, 6) is -0.419. The van der Waals surface area contributed by atoms with Gasteiger partial charge in [0.2, 0.25) is 5.91 Å². The van der Waals surface area contributed by atoms with Gasteiger partial charge in [-0.25, -0.2) is 0 Å². The number of nitrogens with two attached hydrogens (primary N) is 1. The normalized spacial score (nSPS) is 10.8. The van der Waals surface area contributed by atoms with Crippen LogP contribution in [0.4, 0.5) is 0 Å². The van der Waals surface area contributed by atoms with Gasteiger partial charge in [-0.15, -0.1) is 0 Å². The quantitative estimate of drug-likeness (QED) is 0.473. The molecule has 0 bridgehead atoms. The fourth-order valence-electron chi connectivity index (χ4n) is 0.962. The van der Waals surface area contributed by atoms with Crippen molar-refractivity contribution in [2.24, 2.45) is 5.73 Å². The van der Waals surface area contributed by atoms with Crippen molar-refractivity contribution in [2.45, 2.75) is 6.42 Å². The number of nitrogens with one attached hydrogen (secondary N) is 1. The van der Waals surface area contributed by atoms with E-state index in [1.807, 2.05) is 0 Å². The lowest BCUT2D eigenvalue weighted by Crippen LogP contribution is -2.26. The summed E-state index contributed by atoms with van der Waals surface area (Å²) in [6.45, 7) is 3.36.